The second kappa shape index (κ2) is 5.91. The number of benzene rings is 1. The number of para-hydroxylation sites is 2. The Hall–Kier alpha value is -1.79. The molecule has 0 saturated carbocycles. The summed E-state index contributed by atoms with van der Waals surface area (Å²) in [6.45, 7) is 0.141. The van der Waals surface area contributed by atoms with Crippen LogP contribution in [-0.2, 0) is 4.79 Å². The molecule has 0 bridgehead atoms. The van der Waals surface area contributed by atoms with Gasteiger partial charge >= 0.3 is 0 Å². The van der Waals surface area contributed by atoms with Gasteiger partial charge in [0.25, 0.3) is 5.91 Å². The van der Waals surface area contributed by atoms with Gasteiger partial charge in [-0.15, -0.1) is 0 Å². The Balaban J connectivity index is 1.74. The van der Waals surface area contributed by atoms with Crippen molar-refractivity contribution in [1.29, 1.82) is 0 Å². The molecule has 7 heteroatoms. The fraction of sp³-hybridized carbons (Fsp3) is 0.143. The zero-order valence-electron chi connectivity index (χ0n) is 10.7. The number of anilines is 1. The van der Waals surface area contributed by atoms with E-state index in [2.05, 4.69) is 26.2 Å². The third-order valence-corrected chi connectivity index (χ3v) is 3.60. The topological polar surface area (TPSA) is 60.5 Å². The second-order valence-electron chi connectivity index (χ2n) is 4.35. The van der Waals surface area contributed by atoms with Crippen molar-refractivity contribution in [3.63, 3.8) is 0 Å². The molecule has 108 valence electrons. The first-order chi connectivity index (χ1) is 10.1. The predicted octanol–water partition coefficient (Wildman–Crippen LogP) is 3.28. The number of amides is 1. The molecule has 21 heavy (non-hydrogen) atoms. The summed E-state index contributed by atoms with van der Waals surface area (Å²) in [6, 6.07) is 8.87. The second-order valence-corrected chi connectivity index (χ2v) is 5.62. The summed E-state index contributed by atoms with van der Waals surface area (Å²) < 4.78 is 11.8. The number of hydrogen-bond donors (Lipinski definition) is 1. The Morgan fingerprint density at radius 1 is 1.38 bits per heavy atom. The largest absolute Gasteiger partial charge is 0.485 e. The lowest BCUT2D eigenvalue weighted by atomic mass is 10.2. The maximum absolute atomic E-state index is 12.2. The van der Waals surface area contributed by atoms with E-state index in [0.717, 1.165) is 0 Å². The highest BCUT2D eigenvalue weighted by Crippen LogP contribution is 2.31. The van der Waals surface area contributed by atoms with E-state index in [1.54, 1.807) is 24.4 Å². The van der Waals surface area contributed by atoms with Crippen LogP contribution in [0.25, 0.3) is 0 Å². The quantitative estimate of drug-likeness (QED) is 0.825. The van der Waals surface area contributed by atoms with Crippen molar-refractivity contribution < 1.29 is 14.3 Å². The van der Waals surface area contributed by atoms with Crippen LogP contribution >= 0.6 is 27.5 Å². The Kier molecular flexibility index (Phi) is 3.98. The summed E-state index contributed by atoms with van der Waals surface area (Å²) in [5, 5.41) is 2.89. The van der Waals surface area contributed by atoms with E-state index in [9.17, 15) is 4.79 Å². The molecule has 2 heterocycles. The summed E-state index contributed by atoms with van der Waals surface area (Å²) in [5.74, 6) is 0.831. The number of aromatic nitrogens is 1. The van der Waals surface area contributed by atoms with Gasteiger partial charge in [0, 0.05) is 10.7 Å². The molecule has 1 amide bonds. The van der Waals surface area contributed by atoms with Gasteiger partial charge in [-0.1, -0.05) is 23.7 Å². The molecule has 0 saturated heterocycles. The molecule has 1 unspecified atom stereocenters. The van der Waals surface area contributed by atoms with Crippen LogP contribution in [0.15, 0.2) is 41.0 Å². The molecule has 0 spiro atoms. The number of fused-ring (bicyclic) bond motifs is 1. The van der Waals surface area contributed by atoms with Gasteiger partial charge in [-0.25, -0.2) is 4.98 Å². The number of rotatable bonds is 2. The van der Waals surface area contributed by atoms with Gasteiger partial charge < -0.3 is 14.8 Å². The van der Waals surface area contributed by atoms with Gasteiger partial charge in [-0.3, -0.25) is 4.79 Å². The van der Waals surface area contributed by atoms with Crippen molar-refractivity contribution in [2.45, 2.75) is 6.10 Å². The molecule has 1 atom stereocenters. The number of carbonyl (C=O) groups is 1. The molecule has 1 N–H and O–H groups in total. The van der Waals surface area contributed by atoms with Crippen LogP contribution in [0.5, 0.6) is 11.5 Å². The average Bonchev–Trinajstić information content (AvgIpc) is 2.50. The van der Waals surface area contributed by atoms with E-state index in [4.69, 9.17) is 21.1 Å². The molecular formula is C14H10BrClN2O3. The average molecular weight is 370 g/mol. The molecule has 0 fully saturated rings. The van der Waals surface area contributed by atoms with Crippen LogP contribution < -0.4 is 14.8 Å². The standard InChI is InChI=1S/C14H10BrClN2O3/c15-8-5-9(13(16)17-6-8)18-14(19)12-7-20-10-3-1-2-4-11(10)21-12/h1-6,12H,7H2,(H,18,19). The van der Waals surface area contributed by atoms with Crippen LogP contribution in [0.1, 0.15) is 0 Å². The Morgan fingerprint density at radius 3 is 2.95 bits per heavy atom. The number of nitrogens with one attached hydrogen (secondary N) is 1. The number of pyridine rings is 1. The highest BCUT2D eigenvalue weighted by atomic mass is 79.9. The minimum atomic E-state index is -0.741. The van der Waals surface area contributed by atoms with Crippen LogP contribution in [-0.4, -0.2) is 23.6 Å². The van der Waals surface area contributed by atoms with Crippen molar-refractivity contribution in [2.75, 3.05) is 11.9 Å². The summed E-state index contributed by atoms with van der Waals surface area (Å²) >= 11 is 9.22. The van der Waals surface area contributed by atoms with Crippen molar-refractivity contribution in [3.8, 4) is 11.5 Å². The predicted molar refractivity (Wildman–Crippen MR) is 81.9 cm³/mol. The van der Waals surface area contributed by atoms with Crippen LogP contribution in [0, 0.1) is 0 Å². The zero-order valence-corrected chi connectivity index (χ0v) is 13.0. The van der Waals surface area contributed by atoms with E-state index < -0.39 is 6.10 Å². The Bertz CT molecular complexity index is 696. The van der Waals surface area contributed by atoms with Gasteiger partial charge in [-0.2, -0.15) is 0 Å². The summed E-state index contributed by atoms with van der Waals surface area (Å²) in [4.78, 5) is 16.2. The lowest BCUT2D eigenvalue weighted by molar-refractivity contribution is -0.125. The number of halogens is 2. The number of nitrogens with zero attached hydrogens (tertiary/aromatic N) is 1. The molecule has 1 aromatic heterocycles. The van der Waals surface area contributed by atoms with Gasteiger partial charge in [0.15, 0.2) is 16.7 Å². The van der Waals surface area contributed by atoms with Gasteiger partial charge in [-0.05, 0) is 34.1 Å². The summed E-state index contributed by atoms with van der Waals surface area (Å²) in [5.41, 5.74) is 0.415. The fourth-order valence-corrected chi connectivity index (χ4v) is 2.35. The summed E-state index contributed by atoms with van der Waals surface area (Å²) in [6.07, 6.45) is 0.809. The zero-order chi connectivity index (χ0) is 14.8. The molecule has 1 aliphatic heterocycles. The maximum atomic E-state index is 12.2. The van der Waals surface area contributed by atoms with Gasteiger partial charge in [0.05, 0.1) is 5.69 Å². The van der Waals surface area contributed by atoms with Crippen LogP contribution in [0.4, 0.5) is 5.69 Å². The first kappa shape index (κ1) is 14.2. The van der Waals surface area contributed by atoms with Crippen molar-refractivity contribution in [3.05, 3.63) is 46.2 Å². The molecule has 0 aliphatic carbocycles. The third-order valence-electron chi connectivity index (χ3n) is 2.86. The van der Waals surface area contributed by atoms with Crippen LogP contribution in [0.2, 0.25) is 5.15 Å². The smallest absolute Gasteiger partial charge is 0.269 e. The molecule has 5 nitrogen and oxygen atoms in total. The highest BCUT2D eigenvalue weighted by molar-refractivity contribution is 9.10. The highest BCUT2D eigenvalue weighted by Gasteiger charge is 2.27. The summed E-state index contributed by atoms with van der Waals surface area (Å²) in [7, 11) is 0. The lowest BCUT2D eigenvalue weighted by Gasteiger charge is -2.25. The molecule has 2 aromatic rings. The van der Waals surface area contributed by atoms with Crippen molar-refractivity contribution in [1.82, 2.24) is 4.98 Å². The van der Waals surface area contributed by atoms with E-state index in [0.29, 0.717) is 21.7 Å². The van der Waals surface area contributed by atoms with E-state index >= 15 is 0 Å². The van der Waals surface area contributed by atoms with Gasteiger partial charge in [0.1, 0.15) is 6.61 Å². The molecule has 0 radical (unpaired) electrons. The maximum Gasteiger partial charge on any atom is 0.269 e. The third kappa shape index (κ3) is 3.11. The number of carbonyl (C=O) groups excluding carboxylic acids is 1. The lowest BCUT2D eigenvalue weighted by Crippen LogP contribution is -2.40. The first-order valence-corrected chi connectivity index (χ1v) is 7.31. The minimum absolute atomic E-state index is 0.141. The number of ether oxygens (including phenoxy) is 2. The SMILES string of the molecule is O=C(Nc1cc(Br)cnc1Cl)C1COc2ccccc2O1. The number of hydrogen-bond acceptors (Lipinski definition) is 4. The normalized spacial score (nSPS) is 16.4. The Morgan fingerprint density at radius 2 is 2.14 bits per heavy atom. The molecule has 1 aliphatic rings. The Labute approximate surface area is 134 Å². The van der Waals surface area contributed by atoms with Crippen LogP contribution in [0.3, 0.4) is 0 Å². The van der Waals surface area contributed by atoms with E-state index in [1.165, 1.54) is 0 Å². The van der Waals surface area contributed by atoms with Gasteiger partial charge in [0.2, 0.25) is 6.10 Å². The monoisotopic (exact) mass is 368 g/mol. The van der Waals surface area contributed by atoms with E-state index in [-0.39, 0.29) is 17.7 Å². The molecule has 3 rings (SSSR count). The van der Waals surface area contributed by atoms with E-state index in [1.807, 2.05) is 12.1 Å². The van der Waals surface area contributed by atoms with Crippen molar-refractivity contribution >= 4 is 39.1 Å². The minimum Gasteiger partial charge on any atom is -0.485 e. The van der Waals surface area contributed by atoms with Crippen molar-refractivity contribution in [2.24, 2.45) is 0 Å². The molecular weight excluding hydrogens is 360 g/mol. The first-order valence-electron chi connectivity index (χ1n) is 6.14. The fourth-order valence-electron chi connectivity index (χ4n) is 1.87. The molecule has 1 aromatic carbocycles.